The van der Waals surface area contributed by atoms with E-state index in [0.717, 1.165) is 13.0 Å². The Balaban J connectivity index is 2.10. The average molecular weight is 262 g/mol. The predicted molar refractivity (Wildman–Crippen MR) is 80.3 cm³/mol. The molecule has 0 saturated carbocycles. The van der Waals surface area contributed by atoms with Crippen molar-refractivity contribution in [2.75, 3.05) is 6.54 Å². The Bertz CT molecular complexity index is 494. The number of pyridine rings is 1. The Morgan fingerprint density at radius 3 is 2.61 bits per heavy atom. The van der Waals surface area contributed by atoms with E-state index in [1.54, 1.807) is 11.3 Å². The fourth-order valence-electron chi connectivity index (χ4n) is 2.49. The highest BCUT2D eigenvalue weighted by atomic mass is 32.1. The van der Waals surface area contributed by atoms with E-state index in [0.29, 0.717) is 12.1 Å². The molecule has 0 aliphatic carbocycles. The van der Waals surface area contributed by atoms with Crippen LogP contribution in [0.4, 0.5) is 0 Å². The summed E-state index contributed by atoms with van der Waals surface area (Å²) >= 11 is 1.80. The summed E-state index contributed by atoms with van der Waals surface area (Å²) in [6.45, 7) is 10.2. The Morgan fingerprint density at radius 1 is 1.22 bits per heavy atom. The molecule has 0 spiro atoms. The first-order valence-electron chi connectivity index (χ1n) is 6.65. The Morgan fingerprint density at radius 2 is 1.94 bits per heavy atom. The molecule has 0 aliphatic rings. The first kappa shape index (κ1) is 13.5. The van der Waals surface area contributed by atoms with Crippen LogP contribution in [0.3, 0.4) is 0 Å². The molecule has 0 aliphatic heterocycles. The highest BCUT2D eigenvalue weighted by Crippen LogP contribution is 2.25. The minimum atomic E-state index is 0.608. The number of thiophene rings is 1. The number of hydrogen-bond acceptors (Lipinski definition) is 3. The van der Waals surface area contributed by atoms with E-state index in [1.807, 2.05) is 12.4 Å². The fraction of sp³-hybridized carbons (Fsp3) is 0.533. The highest BCUT2D eigenvalue weighted by molar-refractivity contribution is 7.17. The lowest BCUT2D eigenvalue weighted by molar-refractivity contribution is 0.177. The lowest BCUT2D eigenvalue weighted by atomic mass is 10.1. The normalized spacial score (nSPS) is 12.2. The maximum atomic E-state index is 4.18. The number of aromatic nitrogens is 1. The van der Waals surface area contributed by atoms with Crippen molar-refractivity contribution in [3.63, 3.8) is 0 Å². The molecule has 0 atom stereocenters. The largest absolute Gasteiger partial charge is 0.298 e. The summed E-state index contributed by atoms with van der Waals surface area (Å²) in [5, 5.41) is 3.66. The van der Waals surface area contributed by atoms with E-state index in [2.05, 4.69) is 49.0 Å². The van der Waals surface area contributed by atoms with Crippen molar-refractivity contribution in [3.8, 4) is 0 Å². The molecular formula is C15H22N2S. The molecule has 0 bridgehead atoms. The average Bonchev–Trinajstić information content (AvgIpc) is 2.72. The van der Waals surface area contributed by atoms with Crippen molar-refractivity contribution < 1.29 is 0 Å². The third-order valence-corrected chi connectivity index (χ3v) is 4.41. The molecule has 98 valence electrons. The van der Waals surface area contributed by atoms with Gasteiger partial charge in [0.05, 0.1) is 4.70 Å². The molecule has 0 amide bonds. The molecule has 2 rings (SSSR count). The SMILES string of the molecule is CC(C)N(CCc1csc2cnccc12)C(C)C. The second kappa shape index (κ2) is 5.81. The first-order valence-corrected chi connectivity index (χ1v) is 7.53. The van der Waals surface area contributed by atoms with Gasteiger partial charge in [-0.2, -0.15) is 0 Å². The molecule has 0 unspecified atom stereocenters. The molecule has 2 heterocycles. The number of hydrogen-bond donors (Lipinski definition) is 0. The summed E-state index contributed by atoms with van der Waals surface area (Å²) in [7, 11) is 0. The van der Waals surface area contributed by atoms with E-state index in [1.165, 1.54) is 15.6 Å². The zero-order valence-corrected chi connectivity index (χ0v) is 12.5. The Hall–Kier alpha value is -0.930. The third kappa shape index (κ3) is 2.90. The molecule has 2 aromatic rings. The molecule has 3 heteroatoms. The maximum absolute atomic E-state index is 4.18. The predicted octanol–water partition coefficient (Wildman–Crippen LogP) is 3.96. The lowest BCUT2D eigenvalue weighted by Crippen LogP contribution is -2.38. The number of nitrogens with zero attached hydrogens (tertiary/aromatic N) is 2. The molecule has 0 radical (unpaired) electrons. The zero-order valence-electron chi connectivity index (χ0n) is 11.7. The first-order chi connectivity index (χ1) is 8.59. The maximum Gasteiger partial charge on any atom is 0.0528 e. The fourth-order valence-corrected chi connectivity index (χ4v) is 3.45. The van der Waals surface area contributed by atoms with Crippen molar-refractivity contribution >= 4 is 21.4 Å². The van der Waals surface area contributed by atoms with Crippen LogP contribution in [-0.2, 0) is 6.42 Å². The second-order valence-corrected chi connectivity index (χ2v) is 6.22. The zero-order chi connectivity index (χ0) is 13.1. The summed E-state index contributed by atoms with van der Waals surface area (Å²) in [5.41, 5.74) is 1.46. The van der Waals surface area contributed by atoms with Gasteiger partial charge in [-0.15, -0.1) is 11.3 Å². The van der Waals surface area contributed by atoms with Gasteiger partial charge in [0.25, 0.3) is 0 Å². The summed E-state index contributed by atoms with van der Waals surface area (Å²) in [6.07, 6.45) is 4.98. The summed E-state index contributed by atoms with van der Waals surface area (Å²) in [6, 6.07) is 3.35. The number of fused-ring (bicyclic) bond motifs is 1. The number of rotatable bonds is 5. The van der Waals surface area contributed by atoms with E-state index >= 15 is 0 Å². The smallest absolute Gasteiger partial charge is 0.0528 e. The van der Waals surface area contributed by atoms with Crippen molar-refractivity contribution in [2.24, 2.45) is 0 Å². The van der Waals surface area contributed by atoms with Crippen LogP contribution in [0, 0.1) is 0 Å². The molecular weight excluding hydrogens is 240 g/mol. The van der Waals surface area contributed by atoms with Crippen LogP contribution in [0.2, 0.25) is 0 Å². The lowest BCUT2D eigenvalue weighted by Gasteiger charge is -2.30. The van der Waals surface area contributed by atoms with Gasteiger partial charge in [-0.1, -0.05) is 0 Å². The van der Waals surface area contributed by atoms with E-state index in [4.69, 9.17) is 0 Å². The molecule has 0 aromatic carbocycles. The quantitative estimate of drug-likeness (QED) is 0.811. The van der Waals surface area contributed by atoms with Crippen LogP contribution >= 0.6 is 11.3 Å². The molecule has 0 N–H and O–H groups in total. The minimum absolute atomic E-state index is 0.608. The van der Waals surface area contributed by atoms with Crippen LogP contribution in [0.1, 0.15) is 33.3 Å². The summed E-state index contributed by atoms with van der Waals surface area (Å²) < 4.78 is 1.30. The third-order valence-electron chi connectivity index (χ3n) is 3.42. The monoisotopic (exact) mass is 262 g/mol. The van der Waals surface area contributed by atoms with Crippen LogP contribution < -0.4 is 0 Å². The van der Waals surface area contributed by atoms with Gasteiger partial charge in [-0.3, -0.25) is 9.88 Å². The van der Waals surface area contributed by atoms with Crippen molar-refractivity contribution in [1.82, 2.24) is 9.88 Å². The molecule has 0 fully saturated rings. The topological polar surface area (TPSA) is 16.1 Å². The standard InChI is InChI=1S/C15H22N2S/c1-11(2)17(12(3)4)8-6-13-10-18-15-9-16-7-5-14(13)15/h5,7,9-12H,6,8H2,1-4H3. The second-order valence-electron chi connectivity index (χ2n) is 5.31. The van der Waals surface area contributed by atoms with E-state index < -0.39 is 0 Å². The van der Waals surface area contributed by atoms with Gasteiger partial charge in [0.15, 0.2) is 0 Å². The van der Waals surface area contributed by atoms with E-state index in [9.17, 15) is 0 Å². The van der Waals surface area contributed by atoms with Crippen LogP contribution in [-0.4, -0.2) is 28.5 Å². The Kier molecular flexibility index (Phi) is 4.36. The van der Waals surface area contributed by atoms with Gasteiger partial charge in [0.1, 0.15) is 0 Å². The van der Waals surface area contributed by atoms with Crippen LogP contribution in [0.15, 0.2) is 23.8 Å². The van der Waals surface area contributed by atoms with Crippen molar-refractivity contribution in [1.29, 1.82) is 0 Å². The van der Waals surface area contributed by atoms with Gasteiger partial charge < -0.3 is 0 Å². The van der Waals surface area contributed by atoms with Gasteiger partial charge in [0.2, 0.25) is 0 Å². The summed E-state index contributed by atoms with van der Waals surface area (Å²) in [4.78, 5) is 6.72. The van der Waals surface area contributed by atoms with Gasteiger partial charge in [-0.25, -0.2) is 0 Å². The van der Waals surface area contributed by atoms with Gasteiger partial charge in [0, 0.05) is 31.0 Å². The van der Waals surface area contributed by atoms with Gasteiger partial charge >= 0.3 is 0 Å². The Labute approximate surface area is 114 Å². The van der Waals surface area contributed by atoms with Crippen molar-refractivity contribution in [3.05, 3.63) is 29.4 Å². The molecule has 2 nitrogen and oxygen atoms in total. The van der Waals surface area contributed by atoms with Crippen molar-refractivity contribution in [2.45, 2.75) is 46.2 Å². The van der Waals surface area contributed by atoms with Crippen LogP contribution in [0.5, 0.6) is 0 Å². The summed E-state index contributed by atoms with van der Waals surface area (Å²) in [5.74, 6) is 0. The minimum Gasteiger partial charge on any atom is -0.298 e. The molecule has 0 saturated heterocycles. The molecule has 2 aromatic heterocycles. The molecule has 18 heavy (non-hydrogen) atoms. The highest BCUT2D eigenvalue weighted by Gasteiger charge is 2.14. The van der Waals surface area contributed by atoms with Crippen LogP contribution in [0.25, 0.3) is 10.1 Å². The van der Waals surface area contributed by atoms with E-state index in [-0.39, 0.29) is 0 Å². The van der Waals surface area contributed by atoms with Gasteiger partial charge in [-0.05, 0) is 56.5 Å².